The van der Waals surface area contributed by atoms with Gasteiger partial charge < -0.3 is 0 Å². The van der Waals surface area contributed by atoms with Gasteiger partial charge in [-0.3, -0.25) is 9.63 Å². The fourth-order valence-electron chi connectivity index (χ4n) is 0.992. The standard InChI is InChI=1S/C6H7N3O2S/c10-6(5-4-7-8-12-5)9-2-1-3-11-9/h4H,1-3H2. The van der Waals surface area contributed by atoms with Gasteiger partial charge in [0, 0.05) is 0 Å². The van der Waals surface area contributed by atoms with Gasteiger partial charge in [-0.1, -0.05) is 4.49 Å². The lowest BCUT2D eigenvalue weighted by Crippen LogP contribution is -2.25. The van der Waals surface area contributed by atoms with Crippen LogP contribution in [0.15, 0.2) is 6.20 Å². The minimum atomic E-state index is -0.137. The molecule has 0 bridgehead atoms. The summed E-state index contributed by atoms with van der Waals surface area (Å²) in [6.45, 7) is 1.29. The molecule has 64 valence electrons. The number of amides is 1. The normalized spacial score (nSPS) is 16.8. The van der Waals surface area contributed by atoms with E-state index in [1.165, 1.54) is 11.3 Å². The molecular weight excluding hydrogens is 178 g/mol. The van der Waals surface area contributed by atoms with Crippen LogP contribution in [-0.4, -0.2) is 33.7 Å². The third-order valence-corrected chi connectivity index (χ3v) is 2.20. The van der Waals surface area contributed by atoms with Crippen LogP contribution in [-0.2, 0) is 4.84 Å². The van der Waals surface area contributed by atoms with Gasteiger partial charge in [-0.25, -0.2) is 5.06 Å². The SMILES string of the molecule is O=C(c1cnns1)N1CCCO1. The van der Waals surface area contributed by atoms with Crippen molar-refractivity contribution in [1.29, 1.82) is 0 Å². The molecule has 1 saturated heterocycles. The number of hydroxylamine groups is 2. The first-order valence-corrected chi connectivity index (χ1v) is 4.37. The Bertz CT molecular complexity index is 268. The third kappa shape index (κ3) is 1.30. The zero-order valence-corrected chi connectivity index (χ0v) is 7.08. The van der Waals surface area contributed by atoms with Gasteiger partial charge in [0.25, 0.3) is 5.91 Å². The lowest BCUT2D eigenvalue weighted by Gasteiger charge is -2.10. The van der Waals surface area contributed by atoms with Crippen molar-refractivity contribution in [2.24, 2.45) is 0 Å². The van der Waals surface area contributed by atoms with Crippen LogP contribution in [0.3, 0.4) is 0 Å². The van der Waals surface area contributed by atoms with Gasteiger partial charge in [0.15, 0.2) is 0 Å². The second kappa shape index (κ2) is 3.16. The van der Waals surface area contributed by atoms with Crippen molar-refractivity contribution in [3.8, 4) is 0 Å². The second-order valence-electron chi connectivity index (χ2n) is 2.38. The van der Waals surface area contributed by atoms with Gasteiger partial charge in [-0.15, -0.1) is 5.10 Å². The van der Waals surface area contributed by atoms with Crippen LogP contribution in [0.4, 0.5) is 0 Å². The van der Waals surface area contributed by atoms with Crippen LogP contribution in [0.1, 0.15) is 16.1 Å². The molecule has 1 aromatic heterocycles. The highest BCUT2D eigenvalue weighted by Crippen LogP contribution is 2.12. The monoisotopic (exact) mass is 185 g/mol. The molecule has 5 nitrogen and oxygen atoms in total. The Morgan fingerprint density at radius 1 is 1.75 bits per heavy atom. The molecule has 1 aliphatic rings. The molecule has 2 rings (SSSR count). The van der Waals surface area contributed by atoms with Crippen LogP contribution in [0, 0.1) is 0 Å². The molecule has 1 aliphatic heterocycles. The predicted molar refractivity (Wildman–Crippen MR) is 41.5 cm³/mol. The Balaban J connectivity index is 2.09. The maximum Gasteiger partial charge on any atom is 0.290 e. The zero-order valence-electron chi connectivity index (χ0n) is 6.27. The Morgan fingerprint density at radius 3 is 3.25 bits per heavy atom. The summed E-state index contributed by atoms with van der Waals surface area (Å²) in [7, 11) is 0. The zero-order chi connectivity index (χ0) is 8.39. The molecule has 0 spiro atoms. The van der Waals surface area contributed by atoms with E-state index < -0.39 is 0 Å². The summed E-state index contributed by atoms with van der Waals surface area (Å²) in [6.07, 6.45) is 2.35. The first-order chi connectivity index (χ1) is 5.88. The number of carbonyl (C=O) groups is 1. The van der Waals surface area contributed by atoms with Crippen molar-refractivity contribution < 1.29 is 9.63 Å². The van der Waals surface area contributed by atoms with E-state index in [0.717, 1.165) is 18.0 Å². The quantitative estimate of drug-likeness (QED) is 0.632. The summed E-state index contributed by atoms with van der Waals surface area (Å²) in [4.78, 5) is 17.0. The number of rotatable bonds is 1. The molecule has 0 N–H and O–H groups in total. The molecule has 0 radical (unpaired) electrons. The topological polar surface area (TPSA) is 55.3 Å². The van der Waals surface area contributed by atoms with Crippen LogP contribution in [0.2, 0.25) is 0 Å². The molecule has 1 aromatic rings. The van der Waals surface area contributed by atoms with Gasteiger partial charge in [0.1, 0.15) is 4.88 Å². The summed E-state index contributed by atoms with van der Waals surface area (Å²) < 4.78 is 3.60. The van der Waals surface area contributed by atoms with Crippen molar-refractivity contribution in [3.63, 3.8) is 0 Å². The van der Waals surface area contributed by atoms with Crippen molar-refractivity contribution in [2.45, 2.75) is 6.42 Å². The molecule has 6 heteroatoms. The molecule has 1 amide bonds. The fraction of sp³-hybridized carbons (Fsp3) is 0.500. The maximum atomic E-state index is 11.4. The van der Waals surface area contributed by atoms with Crippen molar-refractivity contribution in [2.75, 3.05) is 13.2 Å². The summed E-state index contributed by atoms with van der Waals surface area (Å²) in [5.74, 6) is -0.137. The Hall–Kier alpha value is -1.01. The number of aromatic nitrogens is 2. The van der Waals surface area contributed by atoms with Crippen molar-refractivity contribution in [1.82, 2.24) is 14.7 Å². The summed E-state index contributed by atoms with van der Waals surface area (Å²) in [6, 6.07) is 0. The first-order valence-electron chi connectivity index (χ1n) is 3.60. The van der Waals surface area contributed by atoms with E-state index in [9.17, 15) is 4.79 Å². The van der Waals surface area contributed by atoms with Gasteiger partial charge in [0.2, 0.25) is 0 Å². The van der Waals surface area contributed by atoms with Crippen LogP contribution in [0.25, 0.3) is 0 Å². The largest absolute Gasteiger partial charge is 0.290 e. The Labute approximate surface area is 73.1 Å². The second-order valence-corrected chi connectivity index (χ2v) is 3.16. The lowest BCUT2D eigenvalue weighted by atomic mass is 10.4. The van der Waals surface area contributed by atoms with E-state index in [2.05, 4.69) is 9.59 Å². The molecule has 2 heterocycles. The summed E-state index contributed by atoms with van der Waals surface area (Å²) >= 11 is 1.09. The predicted octanol–water partition coefficient (Wildman–Crippen LogP) is 0.316. The van der Waals surface area contributed by atoms with Crippen LogP contribution in [0.5, 0.6) is 0 Å². The molecule has 0 atom stereocenters. The van der Waals surface area contributed by atoms with E-state index >= 15 is 0 Å². The highest BCUT2D eigenvalue weighted by atomic mass is 32.1. The smallest absolute Gasteiger partial charge is 0.271 e. The number of hydrogen-bond acceptors (Lipinski definition) is 5. The molecular formula is C6H7N3O2S. The van der Waals surface area contributed by atoms with E-state index in [1.54, 1.807) is 0 Å². The summed E-state index contributed by atoms with van der Waals surface area (Å²) in [5, 5.41) is 4.94. The molecule has 0 aromatic carbocycles. The number of carbonyl (C=O) groups excluding carboxylic acids is 1. The first kappa shape index (κ1) is 7.63. The van der Waals surface area contributed by atoms with Gasteiger partial charge in [-0.2, -0.15) is 0 Å². The maximum absolute atomic E-state index is 11.4. The van der Waals surface area contributed by atoms with E-state index in [1.807, 2.05) is 0 Å². The Kier molecular flexibility index (Phi) is 2.01. The van der Waals surface area contributed by atoms with E-state index in [0.29, 0.717) is 18.0 Å². The minimum Gasteiger partial charge on any atom is -0.271 e. The lowest BCUT2D eigenvalue weighted by molar-refractivity contribution is -0.0765. The molecule has 0 saturated carbocycles. The average Bonchev–Trinajstić information content (AvgIpc) is 2.77. The molecule has 0 unspecified atom stereocenters. The van der Waals surface area contributed by atoms with Gasteiger partial charge in [-0.05, 0) is 18.0 Å². The fourth-order valence-corrected chi connectivity index (χ4v) is 1.45. The van der Waals surface area contributed by atoms with E-state index in [4.69, 9.17) is 4.84 Å². The molecule has 12 heavy (non-hydrogen) atoms. The molecule has 0 aliphatic carbocycles. The minimum absolute atomic E-state index is 0.137. The average molecular weight is 185 g/mol. The number of hydrogen-bond donors (Lipinski definition) is 0. The highest BCUT2D eigenvalue weighted by molar-refractivity contribution is 7.07. The summed E-state index contributed by atoms with van der Waals surface area (Å²) in [5.41, 5.74) is 0. The molecule has 1 fully saturated rings. The van der Waals surface area contributed by atoms with Crippen LogP contribution >= 0.6 is 11.5 Å². The van der Waals surface area contributed by atoms with Crippen LogP contribution < -0.4 is 0 Å². The van der Waals surface area contributed by atoms with E-state index in [-0.39, 0.29) is 5.91 Å². The van der Waals surface area contributed by atoms with Gasteiger partial charge >= 0.3 is 0 Å². The Morgan fingerprint density at radius 2 is 2.67 bits per heavy atom. The number of nitrogens with zero attached hydrogens (tertiary/aromatic N) is 3. The highest BCUT2D eigenvalue weighted by Gasteiger charge is 2.22. The van der Waals surface area contributed by atoms with Gasteiger partial charge in [0.05, 0.1) is 19.3 Å². The van der Waals surface area contributed by atoms with Crippen molar-refractivity contribution in [3.05, 3.63) is 11.1 Å². The third-order valence-electron chi connectivity index (χ3n) is 1.55. The van der Waals surface area contributed by atoms with Crippen molar-refractivity contribution >= 4 is 17.4 Å².